The van der Waals surface area contributed by atoms with Gasteiger partial charge in [-0.15, -0.1) is 11.3 Å². The fraction of sp³-hybridized carbons (Fsp3) is 0.250. The average Bonchev–Trinajstić information content (AvgIpc) is 3.07. The van der Waals surface area contributed by atoms with Gasteiger partial charge in [0.2, 0.25) is 5.91 Å². The topological polar surface area (TPSA) is 42.0 Å². The van der Waals surface area contributed by atoms with Crippen LogP contribution in [-0.2, 0) is 10.2 Å². The SMILES string of the molecule is Cc1ccc(-c2csc(NC(=O)C=Cc3ccc(C(C)(C)C)cc3)n2)c(C)c1. The number of amides is 1. The number of nitrogens with zero attached hydrogens (tertiary/aromatic N) is 1. The van der Waals surface area contributed by atoms with Crippen molar-refractivity contribution >= 4 is 28.5 Å². The Labute approximate surface area is 171 Å². The highest BCUT2D eigenvalue weighted by atomic mass is 32.1. The molecule has 1 heterocycles. The summed E-state index contributed by atoms with van der Waals surface area (Å²) < 4.78 is 0. The number of thiazole rings is 1. The molecule has 0 saturated carbocycles. The largest absolute Gasteiger partial charge is 0.298 e. The van der Waals surface area contributed by atoms with Crippen molar-refractivity contribution in [2.45, 2.75) is 40.0 Å². The number of anilines is 1. The first kappa shape index (κ1) is 20.0. The Morgan fingerprint density at radius 3 is 2.43 bits per heavy atom. The molecule has 0 aliphatic rings. The van der Waals surface area contributed by atoms with E-state index in [-0.39, 0.29) is 11.3 Å². The second-order valence-corrected chi connectivity index (χ2v) is 8.91. The monoisotopic (exact) mass is 390 g/mol. The summed E-state index contributed by atoms with van der Waals surface area (Å²) in [4.78, 5) is 16.8. The molecular formula is C24H26N2OS. The van der Waals surface area contributed by atoms with Crippen LogP contribution in [0.3, 0.4) is 0 Å². The fourth-order valence-corrected chi connectivity index (χ4v) is 3.68. The number of carbonyl (C=O) groups excluding carboxylic acids is 1. The van der Waals surface area contributed by atoms with Crippen molar-refractivity contribution in [1.82, 2.24) is 4.98 Å². The van der Waals surface area contributed by atoms with Crippen LogP contribution < -0.4 is 5.32 Å². The summed E-state index contributed by atoms with van der Waals surface area (Å²) in [7, 11) is 0. The second-order valence-electron chi connectivity index (χ2n) is 8.05. The molecule has 3 rings (SSSR count). The first-order valence-corrected chi connectivity index (χ1v) is 10.2. The van der Waals surface area contributed by atoms with Crippen LogP contribution in [-0.4, -0.2) is 10.9 Å². The highest BCUT2D eigenvalue weighted by Crippen LogP contribution is 2.28. The molecule has 0 saturated heterocycles. The van der Waals surface area contributed by atoms with Gasteiger partial charge in [0, 0.05) is 17.0 Å². The zero-order chi connectivity index (χ0) is 20.3. The number of nitrogens with one attached hydrogen (secondary N) is 1. The first-order valence-electron chi connectivity index (χ1n) is 9.35. The van der Waals surface area contributed by atoms with Gasteiger partial charge in [0.05, 0.1) is 5.69 Å². The van der Waals surface area contributed by atoms with E-state index in [9.17, 15) is 4.79 Å². The van der Waals surface area contributed by atoms with E-state index in [2.05, 4.69) is 75.3 Å². The van der Waals surface area contributed by atoms with Gasteiger partial charge < -0.3 is 0 Å². The van der Waals surface area contributed by atoms with Gasteiger partial charge in [-0.05, 0) is 42.0 Å². The third-order valence-corrected chi connectivity index (χ3v) is 5.35. The van der Waals surface area contributed by atoms with Gasteiger partial charge in [-0.3, -0.25) is 10.1 Å². The molecule has 0 unspecified atom stereocenters. The van der Waals surface area contributed by atoms with E-state index in [0.29, 0.717) is 5.13 Å². The van der Waals surface area contributed by atoms with Crippen LogP contribution >= 0.6 is 11.3 Å². The number of rotatable bonds is 4. The normalized spacial score (nSPS) is 11.8. The summed E-state index contributed by atoms with van der Waals surface area (Å²) in [6.45, 7) is 10.7. The van der Waals surface area contributed by atoms with Gasteiger partial charge in [0.1, 0.15) is 0 Å². The summed E-state index contributed by atoms with van der Waals surface area (Å²) in [6.07, 6.45) is 3.37. The minimum absolute atomic E-state index is 0.123. The summed E-state index contributed by atoms with van der Waals surface area (Å²) in [5.74, 6) is -0.179. The maximum atomic E-state index is 12.2. The minimum Gasteiger partial charge on any atom is -0.298 e. The van der Waals surface area contributed by atoms with Crippen LogP contribution in [0.1, 0.15) is 43.0 Å². The first-order chi connectivity index (χ1) is 13.2. The van der Waals surface area contributed by atoms with Crippen LogP contribution in [0.5, 0.6) is 0 Å². The molecule has 0 radical (unpaired) electrons. The Bertz CT molecular complexity index is 1010. The van der Waals surface area contributed by atoms with Gasteiger partial charge >= 0.3 is 0 Å². The van der Waals surface area contributed by atoms with Gasteiger partial charge in [-0.1, -0.05) is 68.8 Å². The molecule has 3 aromatic rings. The molecule has 1 N–H and O–H groups in total. The van der Waals surface area contributed by atoms with Crippen molar-refractivity contribution in [3.05, 3.63) is 76.2 Å². The Morgan fingerprint density at radius 2 is 1.79 bits per heavy atom. The molecule has 4 heteroatoms. The third kappa shape index (κ3) is 4.96. The third-order valence-electron chi connectivity index (χ3n) is 4.60. The lowest BCUT2D eigenvalue weighted by Gasteiger charge is -2.18. The van der Waals surface area contributed by atoms with Crippen LogP contribution in [0.4, 0.5) is 5.13 Å². The van der Waals surface area contributed by atoms with E-state index in [0.717, 1.165) is 16.8 Å². The molecular weight excluding hydrogens is 364 g/mol. The zero-order valence-corrected chi connectivity index (χ0v) is 17.9. The summed E-state index contributed by atoms with van der Waals surface area (Å²) >= 11 is 1.44. The van der Waals surface area contributed by atoms with Crippen molar-refractivity contribution < 1.29 is 4.79 Å². The molecule has 3 nitrogen and oxygen atoms in total. The van der Waals surface area contributed by atoms with Crippen LogP contribution in [0.25, 0.3) is 17.3 Å². The lowest BCUT2D eigenvalue weighted by Crippen LogP contribution is -2.10. The van der Waals surface area contributed by atoms with Gasteiger partial charge in [-0.2, -0.15) is 0 Å². The zero-order valence-electron chi connectivity index (χ0n) is 17.0. The molecule has 0 spiro atoms. The lowest BCUT2D eigenvalue weighted by atomic mass is 9.87. The molecule has 144 valence electrons. The van der Waals surface area contributed by atoms with E-state index >= 15 is 0 Å². The van der Waals surface area contributed by atoms with Gasteiger partial charge in [0.25, 0.3) is 0 Å². The molecule has 0 aliphatic heterocycles. The highest BCUT2D eigenvalue weighted by Gasteiger charge is 2.12. The van der Waals surface area contributed by atoms with Crippen molar-refractivity contribution in [2.24, 2.45) is 0 Å². The van der Waals surface area contributed by atoms with Crippen LogP contribution in [0, 0.1) is 13.8 Å². The molecule has 0 fully saturated rings. The molecule has 2 aromatic carbocycles. The fourth-order valence-electron chi connectivity index (χ4n) is 2.97. The predicted octanol–water partition coefficient (Wildman–Crippen LogP) is 6.38. The van der Waals surface area contributed by atoms with Gasteiger partial charge in [0.15, 0.2) is 5.13 Å². The van der Waals surface area contributed by atoms with Crippen molar-refractivity contribution in [1.29, 1.82) is 0 Å². The smallest absolute Gasteiger partial charge is 0.250 e. The standard InChI is InChI=1S/C24H26N2OS/c1-16-6-12-20(17(2)14-16)21-15-28-23(25-21)26-22(27)13-9-18-7-10-19(11-8-18)24(3,4)5/h6-15H,1-5H3,(H,25,26,27). The van der Waals surface area contributed by atoms with E-state index in [1.165, 1.54) is 28.0 Å². The van der Waals surface area contributed by atoms with E-state index in [1.54, 1.807) is 6.08 Å². The van der Waals surface area contributed by atoms with Crippen LogP contribution in [0.2, 0.25) is 0 Å². The number of aryl methyl sites for hydroxylation is 2. The molecule has 28 heavy (non-hydrogen) atoms. The van der Waals surface area contributed by atoms with Crippen molar-refractivity contribution in [2.75, 3.05) is 5.32 Å². The number of benzene rings is 2. The van der Waals surface area contributed by atoms with E-state index in [4.69, 9.17) is 0 Å². The molecule has 1 aromatic heterocycles. The molecule has 0 atom stereocenters. The molecule has 1 amide bonds. The lowest BCUT2D eigenvalue weighted by molar-refractivity contribution is -0.111. The summed E-state index contributed by atoms with van der Waals surface area (Å²) in [5.41, 5.74) is 6.79. The van der Waals surface area contributed by atoms with Crippen molar-refractivity contribution in [3.63, 3.8) is 0 Å². The minimum atomic E-state index is -0.179. The summed E-state index contributed by atoms with van der Waals surface area (Å²) in [6, 6.07) is 14.6. The number of carbonyl (C=O) groups is 1. The van der Waals surface area contributed by atoms with Crippen LogP contribution in [0.15, 0.2) is 53.9 Å². The number of aromatic nitrogens is 1. The highest BCUT2D eigenvalue weighted by molar-refractivity contribution is 7.14. The number of hydrogen-bond acceptors (Lipinski definition) is 3. The van der Waals surface area contributed by atoms with E-state index < -0.39 is 0 Å². The summed E-state index contributed by atoms with van der Waals surface area (Å²) in [5, 5.41) is 5.43. The van der Waals surface area contributed by atoms with Crippen molar-refractivity contribution in [3.8, 4) is 11.3 Å². The number of hydrogen-bond donors (Lipinski definition) is 1. The van der Waals surface area contributed by atoms with E-state index in [1.807, 2.05) is 23.6 Å². The Kier molecular flexibility index (Phi) is 5.80. The molecule has 0 bridgehead atoms. The Morgan fingerprint density at radius 1 is 1.07 bits per heavy atom. The Hall–Kier alpha value is -2.72. The molecule has 0 aliphatic carbocycles. The van der Waals surface area contributed by atoms with Gasteiger partial charge in [-0.25, -0.2) is 4.98 Å². The second kappa shape index (κ2) is 8.11. The Balaban J connectivity index is 1.65. The maximum Gasteiger partial charge on any atom is 0.250 e. The maximum absolute atomic E-state index is 12.2. The predicted molar refractivity (Wildman–Crippen MR) is 120 cm³/mol. The average molecular weight is 391 g/mol. The quantitative estimate of drug-likeness (QED) is 0.525.